The molecule has 0 aliphatic heterocycles. The fourth-order valence-corrected chi connectivity index (χ4v) is 2.41. The molecule has 0 aliphatic carbocycles. The molecule has 20 heavy (non-hydrogen) atoms. The Morgan fingerprint density at radius 2 is 1.85 bits per heavy atom. The number of aryl methyl sites for hydroxylation is 1. The number of benzene rings is 1. The summed E-state index contributed by atoms with van der Waals surface area (Å²) in [6, 6.07) is 14.0. The van der Waals surface area contributed by atoms with E-state index in [9.17, 15) is 0 Å². The topological polar surface area (TPSA) is 63.8 Å². The molecule has 0 aliphatic rings. The molecule has 1 aromatic carbocycles. The second-order valence-electron chi connectivity index (χ2n) is 4.76. The van der Waals surface area contributed by atoms with Crippen LogP contribution in [0.15, 0.2) is 54.9 Å². The lowest BCUT2D eigenvalue weighted by molar-refractivity contribution is 0.617. The van der Waals surface area contributed by atoms with Gasteiger partial charge in [-0.1, -0.05) is 18.2 Å². The van der Waals surface area contributed by atoms with Crippen molar-refractivity contribution in [2.75, 3.05) is 0 Å². The lowest BCUT2D eigenvalue weighted by atomic mass is 9.99. The molecule has 3 rings (SSSR count). The number of nitrogens with zero attached hydrogens (tertiary/aromatic N) is 2. The van der Waals surface area contributed by atoms with Crippen molar-refractivity contribution in [3.05, 3.63) is 71.7 Å². The third-order valence-electron chi connectivity index (χ3n) is 3.45. The minimum atomic E-state index is -0.124. The van der Waals surface area contributed by atoms with Gasteiger partial charge in [0, 0.05) is 17.8 Å². The molecule has 3 N–H and O–H groups in total. The predicted molar refractivity (Wildman–Crippen MR) is 79.9 cm³/mol. The summed E-state index contributed by atoms with van der Waals surface area (Å²) in [5.41, 5.74) is 6.97. The van der Waals surface area contributed by atoms with Gasteiger partial charge in [-0.2, -0.15) is 0 Å². The Hall–Kier alpha value is -2.30. The largest absolute Gasteiger partial charge is 0.271 e. The van der Waals surface area contributed by atoms with E-state index >= 15 is 0 Å². The van der Waals surface area contributed by atoms with Crippen LogP contribution in [0.1, 0.15) is 22.9 Å². The predicted octanol–water partition coefficient (Wildman–Crippen LogP) is 2.49. The summed E-state index contributed by atoms with van der Waals surface area (Å²) in [5.74, 6) is 5.74. The fourth-order valence-electron chi connectivity index (χ4n) is 2.41. The zero-order chi connectivity index (χ0) is 13.9. The third kappa shape index (κ3) is 2.27. The lowest BCUT2D eigenvalue weighted by Gasteiger charge is -2.18. The van der Waals surface area contributed by atoms with Crippen LogP contribution in [0.25, 0.3) is 10.9 Å². The van der Waals surface area contributed by atoms with Crippen molar-refractivity contribution in [1.29, 1.82) is 0 Å². The number of nitrogens with one attached hydrogen (secondary N) is 1. The Morgan fingerprint density at radius 3 is 2.65 bits per heavy atom. The summed E-state index contributed by atoms with van der Waals surface area (Å²) in [4.78, 5) is 8.78. The van der Waals surface area contributed by atoms with Crippen LogP contribution in [0.3, 0.4) is 0 Å². The zero-order valence-corrected chi connectivity index (χ0v) is 11.2. The van der Waals surface area contributed by atoms with E-state index in [1.165, 1.54) is 0 Å². The van der Waals surface area contributed by atoms with Gasteiger partial charge < -0.3 is 0 Å². The van der Waals surface area contributed by atoms with Crippen LogP contribution in [0.2, 0.25) is 0 Å². The van der Waals surface area contributed by atoms with E-state index in [0.717, 1.165) is 27.7 Å². The SMILES string of the molecule is Cc1cccnc1C(NN)c1ccc2ncccc2c1. The van der Waals surface area contributed by atoms with E-state index in [0.29, 0.717) is 0 Å². The van der Waals surface area contributed by atoms with Crippen LogP contribution in [0, 0.1) is 6.92 Å². The van der Waals surface area contributed by atoms with Crippen molar-refractivity contribution < 1.29 is 0 Å². The molecule has 100 valence electrons. The molecule has 4 nitrogen and oxygen atoms in total. The first-order valence-corrected chi connectivity index (χ1v) is 6.52. The van der Waals surface area contributed by atoms with Crippen LogP contribution in [-0.2, 0) is 0 Å². The average Bonchev–Trinajstić information content (AvgIpc) is 2.50. The Balaban J connectivity index is 2.10. The van der Waals surface area contributed by atoms with Gasteiger partial charge in [-0.3, -0.25) is 15.8 Å². The number of hydrogen-bond donors (Lipinski definition) is 2. The molecule has 1 unspecified atom stereocenters. The van der Waals surface area contributed by atoms with Crippen molar-refractivity contribution >= 4 is 10.9 Å². The smallest absolute Gasteiger partial charge is 0.0884 e. The first-order chi connectivity index (χ1) is 9.79. The van der Waals surface area contributed by atoms with Gasteiger partial charge in [0.05, 0.1) is 17.3 Å². The minimum Gasteiger partial charge on any atom is -0.271 e. The van der Waals surface area contributed by atoms with Gasteiger partial charge in [-0.05, 0) is 42.3 Å². The fraction of sp³-hybridized carbons (Fsp3) is 0.125. The molecule has 0 saturated heterocycles. The maximum absolute atomic E-state index is 5.74. The molecule has 0 bridgehead atoms. The van der Waals surface area contributed by atoms with E-state index in [2.05, 4.69) is 21.5 Å². The van der Waals surface area contributed by atoms with Crippen LogP contribution in [0.5, 0.6) is 0 Å². The van der Waals surface area contributed by atoms with E-state index in [4.69, 9.17) is 5.84 Å². The highest BCUT2D eigenvalue weighted by molar-refractivity contribution is 5.79. The van der Waals surface area contributed by atoms with Crippen LogP contribution in [0.4, 0.5) is 0 Å². The molecule has 0 amide bonds. The summed E-state index contributed by atoms with van der Waals surface area (Å²) in [6.45, 7) is 2.04. The van der Waals surface area contributed by atoms with Crippen LogP contribution < -0.4 is 11.3 Å². The standard InChI is InChI=1S/C16H16N4/c1-11-4-2-9-19-15(11)16(20-17)13-6-7-14-12(10-13)5-3-8-18-14/h2-10,16,20H,17H2,1H3. The minimum absolute atomic E-state index is 0.124. The molecular formula is C16H16N4. The number of rotatable bonds is 3. The number of hydrogen-bond acceptors (Lipinski definition) is 4. The van der Waals surface area contributed by atoms with E-state index in [-0.39, 0.29) is 6.04 Å². The van der Waals surface area contributed by atoms with Crippen molar-refractivity contribution in [2.24, 2.45) is 5.84 Å². The van der Waals surface area contributed by atoms with Gasteiger partial charge in [0.15, 0.2) is 0 Å². The normalized spacial score (nSPS) is 12.5. The highest BCUT2D eigenvalue weighted by atomic mass is 15.2. The highest BCUT2D eigenvalue weighted by Gasteiger charge is 2.16. The summed E-state index contributed by atoms with van der Waals surface area (Å²) in [7, 11) is 0. The quantitative estimate of drug-likeness (QED) is 0.563. The van der Waals surface area contributed by atoms with Crippen molar-refractivity contribution in [3.8, 4) is 0 Å². The van der Waals surface area contributed by atoms with Gasteiger partial charge in [0.1, 0.15) is 0 Å². The maximum Gasteiger partial charge on any atom is 0.0884 e. The zero-order valence-electron chi connectivity index (χ0n) is 11.2. The number of pyridine rings is 2. The molecule has 0 radical (unpaired) electrons. The second-order valence-corrected chi connectivity index (χ2v) is 4.76. The first-order valence-electron chi connectivity index (χ1n) is 6.52. The summed E-state index contributed by atoms with van der Waals surface area (Å²) >= 11 is 0. The third-order valence-corrected chi connectivity index (χ3v) is 3.45. The maximum atomic E-state index is 5.74. The number of fused-ring (bicyclic) bond motifs is 1. The van der Waals surface area contributed by atoms with Gasteiger partial charge in [0.2, 0.25) is 0 Å². The molecule has 2 aromatic heterocycles. The monoisotopic (exact) mass is 264 g/mol. The number of hydrazine groups is 1. The lowest BCUT2D eigenvalue weighted by Crippen LogP contribution is -2.30. The van der Waals surface area contributed by atoms with Gasteiger partial charge in [0.25, 0.3) is 0 Å². The van der Waals surface area contributed by atoms with Crippen molar-refractivity contribution in [2.45, 2.75) is 13.0 Å². The van der Waals surface area contributed by atoms with Crippen molar-refractivity contribution in [3.63, 3.8) is 0 Å². The summed E-state index contributed by atoms with van der Waals surface area (Å²) in [5, 5.41) is 1.10. The molecule has 3 aromatic rings. The van der Waals surface area contributed by atoms with Crippen LogP contribution in [-0.4, -0.2) is 9.97 Å². The Morgan fingerprint density at radius 1 is 1.05 bits per heavy atom. The van der Waals surface area contributed by atoms with E-state index in [1.54, 1.807) is 12.4 Å². The molecular weight excluding hydrogens is 248 g/mol. The van der Waals surface area contributed by atoms with Gasteiger partial charge in [-0.25, -0.2) is 5.43 Å². The summed E-state index contributed by atoms with van der Waals surface area (Å²) < 4.78 is 0. The van der Waals surface area contributed by atoms with Crippen molar-refractivity contribution in [1.82, 2.24) is 15.4 Å². The molecule has 0 saturated carbocycles. The van der Waals surface area contributed by atoms with Crippen LogP contribution >= 0.6 is 0 Å². The van der Waals surface area contributed by atoms with E-state index in [1.807, 2.05) is 43.3 Å². The van der Waals surface area contributed by atoms with Gasteiger partial charge >= 0.3 is 0 Å². The number of nitrogens with two attached hydrogens (primary N) is 1. The summed E-state index contributed by atoms with van der Waals surface area (Å²) in [6.07, 6.45) is 3.58. The number of aromatic nitrogens is 2. The molecule has 2 heterocycles. The van der Waals surface area contributed by atoms with E-state index < -0.39 is 0 Å². The first kappa shape index (κ1) is 12.7. The second kappa shape index (κ2) is 5.36. The molecule has 0 spiro atoms. The Bertz CT molecular complexity index is 739. The molecule has 1 atom stereocenters. The Kier molecular flexibility index (Phi) is 3.41. The molecule has 0 fully saturated rings. The highest BCUT2D eigenvalue weighted by Crippen LogP contribution is 2.24. The average molecular weight is 264 g/mol. The van der Waals surface area contributed by atoms with Gasteiger partial charge in [-0.15, -0.1) is 0 Å². The molecule has 4 heteroatoms. The Labute approximate surface area is 117 Å².